The summed E-state index contributed by atoms with van der Waals surface area (Å²) in [7, 11) is 1.60. The van der Waals surface area contributed by atoms with Crippen LogP contribution < -0.4 is 4.74 Å². The summed E-state index contributed by atoms with van der Waals surface area (Å²) in [4.78, 5) is 10.6. The molecule has 1 N–H and O–H groups in total. The van der Waals surface area contributed by atoms with E-state index in [2.05, 4.69) is 0 Å². The second kappa shape index (κ2) is 4.64. The van der Waals surface area contributed by atoms with Crippen molar-refractivity contribution in [2.24, 2.45) is 0 Å². The Labute approximate surface area is 89.0 Å². The minimum absolute atomic E-state index is 0.322. The molecule has 1 aromatic carbocycles. The maximum absolute atomic E-state index is 10.6. The Hall–Kier alpha value is -1.77. The van der Waals surface area contributed by atoms with E-state index in [1.807, 2.05) is 25.1 Å². The summed E-state index contributed by atoms with van der Waals surface area (Å²) in [6.45, 7) is 3.50. The van der Waals surface area contributed by atoms with E-state index in [-0.39, 0.29) is 0 Å². The minimum Gasteiger partial charge on any atom is -0.497 e. The quantitative estimate of drug-likeness (QED) is 0.773. The molecule has 15 heavy (non-hydrogen) atoms. The fourth-order valence-corrected chi connectivity index (χ4v) is 1.23. The molecule has 0 amide bonds. The van der Waals surface area contributed by atoms with Crippen LogP contribution in [-0.2, 0) is 4.79 Å². The highest BCUT2D eigenvalue weighted by molar-refractivity contribution is 5.91. The van der Waals surface area contributed by atoms with E-state index in [0.717, 1.165) is 16.9 Å². The Morgan fingerprint density at radius 1 is 1.47 bits per heavy atom. The molecule has 1 rings (SSSR count). The second-order valence-electron chi connectivity index (χ2n) is 3.36. The van der Waals surface area contributed by atoms with Crippen LogP contribution >= 0.6 is 0 Å². The smallest absolute Gasteiger partial charge is 0.331 e. The summed E-state index contributed by atoms with van der Waals surface area (Å²) in [6, 6.07) is 5.54. The lowest BCUT2D eigenvalue weighted by Crippen LogP contribution is -1.96. The zero-order valence-electron chi connectivity index (χ0n) is 9.07. The van der Waals surface area contributed by atoms with Crippen LogP contribution in [0.5, 0.6) is 5.75 Å². The molecule has 1 aromatic rings. The standard InChI is InChI=1S/C12H14O3/c1-8-7-11(15-3)5-4-10(8)6-9(2)12(13)14/h4-7H,1-3H3,(H,13,14)/b9-6+. The summed E-state index contributed by atoms with van der Waals surface area (Å²) in [5, 5.41) is 8.74. The van der Waals surface area contributed by atoms with Crippen LogP contribution in [0.15, 0.2) is 23.8 Å². The number of carboxylic acids is 1. The molecule has 0 aliphatic heterocycles. The van der Waals surface area contributed by atoms with Crippen molar-refractivity contribution in [3.63, 3.8) is 0 Å². The lowest BCUT2D eigenvalue weighted by molar-refractivity contribution is -0.132. The molecular weight excluding hydrogens is 192 g/mol. The first-order chi connectivity index (χ1) is 7.04. The molecule has 0 bridgehead atoms. The number of hydrogen-bond acceptors (Lipinski definition) is 2. The van der Waals surface area contributed by atoms with Crippen molar-refractivity contribution in [1.82, 2.24) is 0 Å². The fraction of sp³-hybridized carbons (Fsp3) is 0.250. The van der Waals surface area contributed by atoms with E-state index < -0.39 is 5.97 Å². The maximum Gasteiger partial charge on any atom is 0.331 e. The Morgan fingerprint density at radius 3 is 2.60 bits per heavy atom. The molecule has 0 aliphatic rings. The van der Waals surface area contributed by atoms with Gasteiger partial charge >= 0.3 is 5.97 Å². The lowest BCUT2D eigenvalue weighted by atomic mass is 10.1. The van der Waals surface area contributed by atoms with E-state index in [1.165, 1.54) is 0 Å². The van der Waals surface area contributed by atoms with Gasteiger partial charge < -0.3 is 9.84 Å². The highest BCUT2D eigenvalue weighted by Crippen LogP contribution is 2.19. The number of hydrogen-bond donors (Lipinski definition) is 1. The first-order valence-electron chi connectivity index (χ1n) is 4.61. The highest BCUT2D eigenvalue weighted by Gasteiger charge is 2.02. The van der Waals surface area contributed by atoms with E-state index in [0.29, 0.717) is 5.57 Å². The molecule has 0 fully saturated rings. The zero-order valence-corrected chi connectivity index (χ0v) is 9.07. The zero-order chi connectivity index (χ0) is 11.4. The summed E-state index contributed by atoms with van der Waals surface area (Å²) in [5.74, 6) is -0.122. The maximum atomic E-state index is 10.6. The number of rotatable bonds is 3. The number of methoxy groups -OCH3 is 1. The predicted molar refractivity (Wildman–Crippen MR) is 59.0 cm³/mol. The van der Waals surface area contributed by atoms with Gasteiger partial charge in [0.05, 0.1) is 7.11 Å². The van der Waals surface area contributed by atoms with Gasteiger partial charge in [0.25, 0.3) is 0 Å². The van der Waals surface area contributed by atoms with Gasteiger partial charge in [-0.2, -0.15) is 0 Å². The summed E-state index contributed by atoms with van der Waals surface area (Å²) in [6.07, 6.45) is 1.65. The lowest BCUT2D eigenvalue weighted by Gasteiger charge is -2.04. The molecule has 0 heterocycles. The molecule has 0 saturated heterocycles. The number of aliphatic carboxylic acids is 1. The van der Waals surface area contributed by atoms with Crippen molar-refractivity contribution in [3.05, 3.63) is 34.9 Å². The first kappa shape index (κ1) is 11.3. The largest absolute Gasteiger partial charge is 0.497 e. The van der Waals surface area contributed by atoms with Crippen molar-refractivity contribution < 1.29 is 14.6 Å². The monoisotopic (exact) mass is 206 g/mol. The highest BCUT2D eigenvalue weighted by atomic mass is 16.5. The Morgan fingerprint density at radius 2 is 2.13 bits per heavy atom. The van der Waals surface area contributed by atoms with Crippen LogP contribution in [0.2, 0.25) is 0 Å². The summed E-state index contributed by atoms with van der Waals surface area (Å²) in [5.41, 5.74) is 2.22. The third-order valence-electron chi connectivity index (χ3n) is 2.19. The summed E-state index contributed by atoms with van der Waals surface area (Å²) >= 11 is 0. The molecule has 80 valence electrons. The molecule has 0 unspecified atom stereocenters. The number of benzene rings is 1. The summed E-state index contributed by atoms with van der Waals surface area (Å²) < 4.78 is 5.07. The fourth-order valence-electron chi connectivity index (χ4n) is 1.23. The van der Waals surface area contributed by atoms with Crippen molar-refractivity contribution in [3.8, 4) is 5.75 Å². The third kappa shape index (κ3) is 2.84. The molecule has 3 heteroatoms. The minimum atomic E-state index is -0.898. The van der Waals surface area contributed by atoms with E-state index >= 15 is 0 Å². The Balaban J connectivity index is 3.07. The SMILES string of the molecule is COc1ccc(/C=C(\C)C(=O)O)c(C)c1. The van der Waals surface area contributed by atoms with Crippen LogP contribution in [-0.4, -0.2) is 18.2 Å². The van der Waals surface area contributed by atoms with E-state index in [4.69, 9.17) is 9.84 Å². The number of ether oxygens (including phenoxy) is 1. The van der Waals surface area contributed by atoms with Crippen molar-refractivity contribution >= 4 is 12.0 Å². The van der Waals surface area contributed by atoms with Gasteiger partial charge in [0.2, 0.25) is 0 Å². The van der Waals surface area contributed by atoms with Crippen LogP contribution in [0.4, 0.5) is 0 Å². The normalized spacial score (nSPS) is 11.3. The number of carboxylic acid groups (broad SMARTS) is 1. The number of aryl methyl sites for hydroxylation is 1. The first-order valence-corrected chi connectivity index (χ1v) is 4.61. The molecule has 0 radical (unpaired) electrons. The molecule has 0 spiro atoms. The molecular formula is C12H14O3. The van der Waals surface area contributed by atoms with Crippen LogP contribution in [0, 0.1) is 6.92 Å². The van der Waals surface area contributed by atoms with Gasteiger partial charge in [0.1, 0.15) is 5.75 Å². The number of carbonyl (C=O) groups is 1. The predicted octanol–water partition coefficient (Wildman–Crippen LogP) is 2.49. The average Bonchev–Trinajstić information content (AvgIpc) is 2.20. The Kier molecular flexibility index (Phi) is 3.50. The molecule has 0 saturated carbocycles. The van der Waals surface area contributed by atoms with Crippen LogP contribution in [0.3, 0.4) is 0 Å². The Bertz CT molecular complexity index is 405. The van der Waals surface area contributed by atoms with Crippen LogP contribution in [0.1, 0.15) is 18.1 Å². The second-order valence-corrected chi connectivity index (χ2v) is 3.36. The molecule has 0 aliphatic carbocycles. The van der Waals surface area contributed by atoms with E-state index in [1.54, 1.807) is 20.1 Å². The molecule has 0 atom stereocenters. The third-order valence-corrected chi connectivity index (χ3v) is 2.19. The van der Waals surface area contributed by atoms with Gasteiger partial charge in [-0.15, -0.1) is 0 Å². The van der Waals surface area contributed by atoms with Gasteiger partial charge in [-0.1, -0.05) is 6.07 Å². The average molecular weight is 206 g/mol. The van der Waals surface area contributed by atoms with Crippen LogP contribution in [0.25, 0.3) is 6.08 Å². The van der Waals surface area contributed by atoms with Gasteiger partial charge in [-0.05, 0) is 43.2 Å². The molecule has 3 nitrogen and oxygen atoms in total. The topological polar surface area (TPSA) is 46.5 Å². The van der Waals surface area contributed by atoms with Crippen molar-refractivity contribution in [2.45, 2.75) is 13.8 Å². The van der Waals surface area contributed by atoms with E-state index in [9.17, 15) is 4.79 Å². The van der Waals surface area contributed by atoms with Crippen molar-refractivity contribution in [2.75, 3.05) is 7.11 Å². The van der Waals surface area contributed by atoms with Gasteiger partial charge in [-0.3, -0.25) is 0 Å². The van der Waals surface area contributed by atoms with Gasteiger partial charge in [0.15, 0.2) is 0 Å². The van der Waals surface area contributed by atoms with Crippen molar-refractivity contribution in [1.29, 1.82) is 0 Å². The molecule has 0 aromatic heterocycles. The van der Waals surface area contributed by atoms with Gasteiger partial charge in [0, 0.05) is 5.57 Å². The van der Waals surface area contributed by atoms with Gasteiger partial charge in [-0.25, -0.2) is 4.79 Å².